The van der Waals surface area contributed by atoms with Crippen molar-refractivity contribution >= 4 is 39.1 Å². The number of nitrogens with zero attached hydrogens (tertiary/aromatic N) is 3. The van der Waals surface area contributed by atoms with E-state index in [0.29, 0.717) is 48.2 Å². The van der Waals surface area contributed by atoms with Crippen LogP contribution in [-0.2, 0) is 21.2 Å². The van der Waals surface area contributed by atoms with Gasteiger partial charge in [0.15, 0.2) is 0 Å². The van der Waals surface area contributed by atoms with Crippen molar-refractivity contribution in [2.75, 3.05) is 26.0 Å². The average Bonchev–Trinajstić information content (AvgIpc) is 3.30. The highest BCUT2D eigenvalue weighted by atomic mass is 35.5. The summed E-state index contributed by atoms with van der Waals surface area (Å²) in [5, 5.41) is 1.24. The Balaban J connectivity index is 1.61. The first kappa shape index (κ1) is 29.8. The molecule has 0 bridgehead atoms. The van der Waals surface area contributed by atoms with Crippen molar-refractivity contribution < 1.29 is 17.9 Å². The number of hydrogen-bond donors (Lipinski definition) is 0. The van der Waals surface area contributed by atoms with E-state index in [4.69, 9.17) is 27.9 Å². The number of methoxy groups -OCH3 is 1. The fourth-order valence-electron chi connectivity index (χ4n) is 6.25. The Kier molecular flexibility index (Phi) is 9.24. The third-order valence-electron chi connectivity index (χ3n) is 8.24. The molecule has 3 aromatic rings. The lowest BCUT2D eigenvalue weighted by molar-refractivity contribution is -0.147. The lowest BCUT2D eigenvalue weighted by Crippen LogP contribution is -2.55. The molecule has 5 rings (SSSR count). The first-order valence-electron chi connectivity index (χ1n) is 14.0. The summed E-state index contributed by atoms with van der Waals surface area (Å²) in [6.45, 7) is 2.75. The van der Waals surface area contributed by atoms with Gasteiger partial charge < -0.3 is 9.64 Å². The Bertz CT molecular complexity index is 1480. The summed E-state index contributed by atoms with van der Waals surface area (Å²) in [6, 6.07) is 20.3. The van der Waals surface area contributed by atoms with Crippen LogP contribution in [0.3, 0.4) is 0 Å². The molecule has 4 unspecified atom stereocenters. The van der Waals surface area contributed by atoms with Gasteiger partial charge in [-0.3, -0.25) is 4.79 Å². The molecule has 0 spiro atoms. The van der Waals surface area contributed by atoms with Crippen molar-refractivity contribution in [1.29, 1.82) is 0 Å². The first-order chi connectivity index (χ1) is 19.7. The molecule has 2 aliphatic heterocycles. The summed E-state index contributed by atoms with van der Waals surface area (Å²) >= 11 is 12.8. The Morgan fingerprint density at radius 2 is 1.78 bits per heavy atom. The summed E-state index contributed by atoms with van der Waals surface area (Å²) in [5.74, 6) is 0.182. The van der Waals surface area contributed by atoms with E-state index in [1.807, 2.05) is 66.4 Å². The number of likely N-dealkylation sites (tertiary alicyclic amines) is 1. The minimum absolute atomic E-state index is 0.00343. The SMILES string of the molecule is CCC(CN1CCCS1(=O)=O)N1C(=O)C(Cc2cccc(OC)n2)CC(c2cccc(Cl)c2)C1c1ccc(Cl)cc1. The number of ether oxygens (including phenoxy) is 1. The second-order valence-electron chi connectivity index (χ2n) is 10.8. The number of hydrogen-bond acceptors (Lipinski definition) is 5. The fourth-order valence-corrected chi connectivity index (χ4v) is 8.13. The highest BCUT2D eigenvalue weighted by Gasteiger charge is 2.46. The van der Waals surface area contributed by atoms with Gasteiger partial charge in [-0.2, -0.15) is 4.31 Å². The Hall–Kier alpha value is -2.65. The maximum atomic E-state index is 14.6. The van der Waals surface area contributed by atoms with Gasteiger partial charge >= 0.3 is 0 Å². The van der Waals surface area contributed by atoms with Gasteiger partial charge in [-0.1, -0.05) is 60.5 Å². The minimum atomic E-state index is -3.34. The third kappa shape index (κ3) is 6.56. The molecule has 0 N–H and O–H groups in total. The molecule has 2 aromatic carbocycles. The third-order valence-corrected chi connectivity index (χ3v) is 10.6. The molecule has 218 valence electrons. The van der Waals surface area contributed by atoms with Crippen LogP contribution in [0, 0.1) is 5.92 Å². The van der Waals surface area contributed by atoms with Crippen LogP contribution in [-0.4, -0.2) is 60.5 Å². The lowest BCUT2D eigenvalue weighted by atomic mass is 9.74. The molecule has 3 heterocycles. The molecule has 0 aliphatic carbocycles. The van der Waals surface area contributed by atoms with Gasteiger partial charge in [0, 0.05) is 59.2 Å². The van der Waals surface area contributed by atoms with Crippen LogP contribution < -0.4 is 4.74 Å². The summed E-state index contributed by atoms with van der Waals surface area (Å²) in [7, 11) is -1.77. The van der Waals surface area contributed by atoms with Crippen LogP contribution in [0.25, 0.3) is 0 Å². The fraction of sp³-hybridized carbons (Fsp3) is 0.419. The highest BCUT2D eigenvalue weighted by molar-refractivity contribution is 7.89. The average molecular weight is 617 g/mol. The minimum Gasteiger partial charge on any atom is -0.481 e. The van der Waals surface area contributed by atoms with E-state index < -0.39 is 10.0 Å². The topological polar surface area (TPSA) is 79.8 Å². The smallest absolute Gasteiger partial charge is 0.226 e. The second-order valence-corrected chi connectivity index (χ2v) is 13.8. The summed E-state index contributed by atoms with van der Waals surface area (Å²) in [4.78, 5) is 21.1. The number of rotatable bonds is 9. The van der Waals surface area contributed by atoms with Crippen LogP contribution in [0.4, 0.5) is 0 Å². The van der Waals surface area contributed by atoms with Gasteiger partial charge in [0.25, 0.3) is 0 Å². The molecule has 10 heteroatoms. The van der Waals surface area contributed by atoms with Crippen LogP contribution in [0.2, 0.25) is 10.0 Å². The number of carbonyl (C=O) groups excluding carboxylic acids is 1. The number of piperidine rings is 1. The standard InChI is InChI=1S/C31H35Cl2N3O4S/c1-3-27(20-35-15-6-16-41(35,38)39)36-30(21-11-13-24(32)14-12-21)28(22-7-4-8-25(33)17-22)19-23(31(36)37)18-26-9-5-10-29(34-26)40-2/h4-5,7-14,17,23,27-28,30H,3,6,15-16,18-20H2,1-2H3. The van der Waals surface area contributed by atoms with Crippen molar-refractivity contribution in [3.63, 3.8) is 0 Å². The first-order valence-corrected chi connectivity index (χ1v) is 16.4. The number of pyridine rings is 1. The molecule has 4 atom stereocenters. The van der Waals surface area contributed by atoms with E-state index in [1.165, 1.54) is 0 Å². The van der Waals surface area contributed by atoms with Crippen molar-refractivity contribution in [3.05, 3.63) is 93.6 Å². The summed E-state index contributed by atoms with van der Waals surface area (Å²) < 4.78 is 32.5. The van der Waals surface area contributed by atoms with E-state index in [1.54, 1.807) is 17.5 Å². The van der Waals surface area contributed by atoms with Crippen LogP contribution in [0.15, 0.2) is 66.7 Å². The Morgan fingerprint density at radius 1 is 1.02 bits per heavy atom. The maximum absolute atomic E-state index is 14.6. The number of carbonyl (C=O) groups is 1. The Labute approximate surface area is 252 Å². The van der Waals surface area contributed by atoms with E-state index in [9.17, 15) is 13.2 Å². The molecule has 0 saturated carbocycles. The van der Waals surface area contributed by atoms with Gasteiger partial charge in [-0.15, -0.1) is 0 Å². The zero-order chi connectivity index (χ0) is 29.1. The zero-order valence-electron chi connectivity index (χ0n) is 23.2. The summed E-state index contributed by atoms with van der Waals surface area (Å²) in [6.07, 6.45) is 2.23. The predicted molar refractivity (Wildman–Crippen MR) is 162 cm³/mol. The van der Waals surface area contributed by atoms with Crippen LogP contribution in [0.5, 0.6) is 5.88 Å². The molecule has 7 nitrogen and oxygen atoms in total. The molecule has 41 heavy (non-hydrogen) atoms. The van der Waals surface area contributed by atoms with E-state index >= 15 is 0 Å². The van der Waals surface area contributed by atoms with Crippen LogP contribution >= 0.6 is 23.2 Å². The summed E-state index contributed by atoms with van der Waals surface area (Å²) in [5.41, 5.74) is 2.75. The molecular weight excluding hydrogens is 581 g/mol. The molecule has 2 aliphatic rings. The maximum Gasteiger partial charge on any atom is 0.226 e. The lowest BCUT2D eigenvalue weighted by Gasteiger charge is -2.49. The molecule has 2 fully saturated rings. The van der Waals surface area contributed by atoms with Crippen molar-refractivity contribution in [1.82, 2.24) is 14.2 Å². The quantitative estimate of drug-likeness (QED) is 0.289. The number of amides is 1. The normalized spacial score (nSPS) is 23.5. The predicted octanol–water partition coefficient (Wildman–Crippen LogP) is 6.13. The van der Waals surface area contributed by atoms with Gasteiger partial charge in [0.05, 0.1) is 18.9 Å². The van der Waals surface area contributed by atoms with Gasteiger partial charge in [0.1, 0.15) is 0 Å². The number of halogens is 2. The van der Waals surface area contributed by atoms with E-state index in [-0.39, 0.29) is 42.1 Å². The monoisotopic (exact) mass is 615 g/mol. The van der Waals surface area contributed by atoms with Crippen molar-refractivity contribution in [2.24, 2.45) is 5.92 Å². The molecular formula is C31H35Cl2N3O4S. The van der Waals surface area contributed by atoms with Crippen LogP contribution in [0.1, 0.15) is 55.0 Å². The Morgan fingerprint density at radius 3 is 2.44 bits per heavy atom. The van der Waals surface area contributed by atoms with Gasteiger partial charge in [-0.05, 0) is 60.7 Å². The second kappa shape index (κ2) is 12.7. The van der Waals surface area contributed by atoms with Crippen molar-refractivity contribution in [2.45, 2.75) is 50.6 Å². The molecule has 1 aromatic heterocycles. The molecule has 1 amide bonds. The number of benzene rings is 2. The zero-order valence-corrected chi connectivity index (χ0v) is 25.6. The van der Waals surface area contributed by atoms with E-state index in [2.05, 4.69) is 11.1 Å². The molecule has 2 saturated heterocycles. The highest BCUT2D eigenvalue weighted by Crippen LogP contribution is 2.47. The van der Waals surface area contributed by atoms with Gasteiger partial charge in [-0.25, -0.2) is 13.4 Å². The number of sulfonamides is 1. The van der Waals surface area contributed by atoms with Gasteiger partial charge in [0.2, 0.25) is 21.8 Å². The van der Waals surface area contributed by atoms with E-state index in [0.717, 1.165) is 16.8 Å². The van der Waals surface area contributed by atoms with Crippen molar-refractivity contribution in [3.8, 4) is 5.88 Å². The number of aromatic nitrogens is 1. The largest absolute Gasteiger partial charge is 0.481 e. The molecule has 0 radical (unpaired) electrons.